The average Bonchev–Trinajstić information content (AvgIpc) is 2.70. The van der Waals surface area contributed by atoms with Crippen LogP contribution in [0.25, 0.3) is 0 Å². The van der Waals surface area contributed by atoms with Gasteiger partial charge in [0.25, 0.3) is 5.91 Å². The van der Waals surface area contributed by atoms with Crippen LogP contribution in [0.15, 0.2) is 12.3 Å². The van der Waals surface area contributed by atoms with Crippen molar-refractivity contribution in [1.82, 2.24) is 10.3 Å². The van der Waals surface area contributed by atoms with Crippen molar-refractivity contribution in [2.45, 2.75) is 52.7 Å². The van der Waals surface area contributed by atoms with Crippen LogP contribution in [-0.2, 0) is 23.8 Å². The lowest BCUT2D eigenvalue weighted by Crippen LogP contribution is -2.41. The highest BCUT2D eigenvalue weighted by atomic mass is 16.7. The van der Waals surface area contributed by atoms with Crippen molar-refractivity contribution in [2.24, 2.45) is 0 Å². The molecule has 1 amide bonds. The molecule has 1 N–H and O–H groups in total. The summed E-state index contributed by atoms with van der Waals surface area (Å²) >= 11 is 0. The van der Waals surface area contributed by atoms with Gasteiger partial charge in [0, 0.05) is 32.2 Å². The minimum Gasteiger partial charge on any atom is -0.493 e. The molecule has 0 aliphatic rings. The number of pyridine rings is 1. The Bertz CT molecular complexity index is 710. The van der Waals surface area contributed by atoms with Gasteiger partial charge in [-0.05, 0) is 20.3 Å². The van der Waals surface area contributed by atoms with Gasteiger partial charge in [-0.2, -0.15) is 0 Å². The highest BCUT2D eigenvalue weighted by Gasteiger charge is 2.24. The van der Waals surface area contributed by atoms with Gasteiger partial charge >= 0.3 is 11.9 Å². The summed E-state index contributed by atoms with van der Waals surface area (Å²) in [6.45, 7) is 7.21. The predicted octanol–water partition coefficient (Wildman–Crippen LogP) is 1.86. The van der Waals surface area contributed by atoms with E-state index in [1.54, 1.807) is 6.92 Å². The van der Waals surface area contributed by atoms with Crippen LogP contribution in [0.2, 0.25) is 0 Å². The van der Waals surface area contributed by atoms with Crippen molar-refractivity contribution >= 4 is 17.8 Å². The van der Waals surface area contributed by atoms with Gasteiger partial charge in [-0.1, -0.05) is 6.92 Å². The molecule has 10 nitrogen and oxygen atoms in total. The quantitative estimate of drug-likeness (QED) is 0.286. The van der Waals surface area contributed by atoms with Gasteiger partial charge in [0.2, 0.25) is 6.79 Å². The monoisotopic (exact) mass is 426 g/mol. The standard InChI is InChI=1S/C20H30N2O8/c1-6-10-27-11-8-13(2)30-20(25)14(3)22-19(24)17-18(29-12-28-15(4)23)16(26-5)7-9-21-17/h7,9,13-14H,6,8,10-12H2,1-5H3,(H,22,24). The van der Waals surface area contributed by atoms with Gasteiger partial charge in [-0.3, -0.25) is 9.59 Å². The average molecular weight is 426 g/mol. The Labute approximate surface area is 176 Å². The van der Waals surface area contributed by atoms with Crippen LogP contribution >= 0.6 is 0 Å². The fourth-order valence-corrected chi connectivity index (χ4v) is 2.24. The van der Waals surface area contributed by atoms with Gasteiger partial charge in [-0.15, -0.1) is 0 Å². The second kappa shape index (κ2) is 13.4. The molecule has 1 rings (SSSR count). The highest BCUT2D eigenvalue weighted by molar-refractivity contribution is 5.98. The number of amides is 1. The lowest BCUT2D eigenvalue weighted by molar-refractivity contribution is -0.151. The number of carbonyl (C=O) groups is 3. The van der Waals surface area contributed by atoms with Gasteiger partial charge in [0.15, 0.2) is 17.2 Å². The molecular weight excluding hydrogens is 396 g/mol. The second-order valence-electron chi connectivity index (χ2n) is 6.43. The Hall–Kier alpha value is -2.88. The second-order valence-corrected chi connectivity index (χ2v) is 6.43. The molecule has 2 atom stereocenters. The summed E-state index contributed by atoms with van der Waals surface area (Å²) in [6, 6.07) is 0.561. The molecule has 0 bridgehead atoms. The SMILES string of the molecule is CCCOCCC(C)OC(=O)C(C)NC(=O)c1nccc(OC)c1OCOC(C)=O. The molecule has 1 aromatic rings. The number of nitrogens with zero attached hydrogens (tertiary/aromatic N) is 1. The smallest absolute Gasteiger partial charge is 0.328 e. The van der Waals surface area contributed by atoms with Crippen LogP contribution in [0.5, 0.6) is 11.5 Å². The van der Waals surface area contributed by atoms with E-state index in [1.807, 2.05) is 6.92 Å². The summed E-state index contributed by atoms with van der Waals surface area (Å²) in [5.41, 5.74) is -0.123. The Morgan fingerprint density at radius 1 is 1.20 bits per heavy atom. The van der Waals surface area contributed by atoms with Crippen LogP contribution in [0.4, 0.5) is 0 Å². The number of carbonyl (C=O) groups excluding carboxylic acids is 3. The maximum absolute atomic E-state index is 12.6. The van der Waals surface area contributed by atoms with Crippen molar-refractivity contribution in [3.8, 4) is 11.5 Å². The molecule has 0 saturated carbocycles. The molecule has 0 aliphatic heterocycles. The molecule has 0 spiro atoms. The van der Waals surface area contributed by atoms with Crippen molar-refractivity contribution in [2.75, 3.05) is 27.1 Å². The molecule has 30 heavy (non-hydrogen) atoms. The van der Waals surface area contributed by atoms with E-state index in [0.717, 1.165) is 6.42 Å². The summed E-state index contributed by atoms with van der Waals surface area (Å²) in [4.78, 5) is 39.8. The molecule has 0 fully saturated rings. The molecule has 1 heterocycles. The zero-order chi connectivity index (χ0) is 22.5. The third-order valence-electron chi connectivity index (χ3n) is 3.80. The normalized spacial score (nSPS) is 12.4. The number of esters is 2. The largest absolute Gasteiger partial charge is 0.493 e. The Kier molecular flexibility index (Phi) is 11.2. The highest BCUT2D eigenvalue weighted by Crippen LogP contribution is 2.29. The Morgan fingerprint density at radius 2 is 1.93 bits per heavy atom. The Balaban J connectivity index is 2.71. The van der Waals surface area contributed by atoms with E-state index in [9.17, 15) is 14.4 Å². The molecule has 0 saturated heterocycles. The first-order valence-electron chi connectivity index (χ1n) is 9.68. The van der Waals surface area contributed by atoms with Gasteiger partial charge in [0.05, 0.1) is 13.7 Å². The van der Waals surface area contributed by atoms with Crippen LogP contribution in [0.3, 0.4) is 0 Å². The lowest BCUT2D eigenvalue weighted by Gasteiger charge is -2.18. The van der Waals surface area contributed by atoms with Crippen molar-refractivity contribution in [3.05, 3.63) is 18.0 Å². The number of ether oxygens (including phenoxy) is 5. The van der Waals surface area contributed by atoms with Gasteiger partial charge < -0.3 is 29.0 Å². The van der Waals surface area contributed by atoms with Crippen LogP contribution in [-0.4, -0.2) is 62.1 Å². The summed E-state index contributed by atoms with van der Waals surface area (Å²) < 4.78 is 25.9. The molecule has 0 aliphatic carbocycles. The fraction of sp³-hybridized carbons (Fsp3) is 0.600. The van der Waals surface area contributed by atoms with E-state index in [-0.39, 0.29) is 23.3 Å². The Morgan fingerprint density at radius 3 is 2.57 bits per heavy atom. The number of hydrogen-bond acceptors (Lipinski definition) is 9. The molecule has 0 aromatic carbocycles. The van der Waals surface area contributed by atoms with E-state index in [0.29, 0.717) is 19.6 Å². The predicted molar refractivity (Wildman–Crippen MR) is 106 cm³/mol. The van der Waals surface area contributed by atoms with Crippen molar-refractivity contribution < 1.29 is 38.1 Å². The van der Waals surface area contributed by atoms with E-state index in [4.69, 9.17) is 23.7 Å². The summed E-state index contributed by atoms with van der Waals surface area (Å²) in [5, 5.41) is 2.52. The molecule has 0 radical (unpaired) electrons. The first-order chi connectivity index (χ1) is 14.3. The molecular formula is C20H30N2O8. The molecule has 2 unspecified atom stereocenters. The summed E-state index contributed by atoms with van der Waals surface area (Å²) in [5.74, 6) is -1.60. The fourth-order valence-electron chi connectivity index (χ4n) is 2.24. The first-order valence-corrected chi connectivity index (χ1v) is 9.68. The number of rotatable bonds is 13. The van der Waals surface area contributed by atoms with Gasteiger partial charge in [-0.25, -0.2) is 9.78 Å². The maximum atomic E-state index is 12.6. The van der Waals surface area contributed by atoms with Crippen molar-refractivity contribution in [1.29, 1.82) is 0 Å². The van der Waals surface area contributed by atoms with Crippen LogP contribution in [0.1, 0.15) is 51.0 Å². The minimum absolute atomic E-state index is 0.0132. The molecule has 10 heteroatoms. The van der Waals surface area contributed by atoms with Crippen LogP contribution in [0, 0.1) is 0 Å². The maximum Gasteiger partial charge on any atom is 0.328 e. The number of hydrogen-bond donors (Lipinski definition) is 1. The topological polar surface area (TPSA) is 122 Å². The van der Waals surface area contributed by atoms with Crippen LogP contribution < -0.4 is 14.8 Å². The number of aromatic nitrogens is 1. The van der Waals surface area contributed by atoms with Gasteiger partial charge in [0.1, 0.15) is 12.1 Å². The first kappa shape index (κ1) is 25.2. The van der Waals surface area contributed by atoms with E-state index < -0.39 is 30.7 Å². The zero-order valence-corrected chi connectivity index (χ0v) is 18.1. The lowest BCUT2D eigenvalue weighted by atomic mass is 10.2. The minimum atomic E-state index is -0.925. The van der Waals surface area contributed by atoms with E-state index in [1.165, 1.54) is 33.2 Å². The number of nitrogens with one attached hydrogen (secondary N) is 1. The summed E-state index contributed by atoms with van der Waals surface area (Å²) in [6.07, 6.45) is 2.47. The van der Waals surface area contributed by atoms with Crippen molar-refractivity contribution in [3.63, 3.8) is 0 Å². The van der Waals surface area contributed by atoms with E-state index >= 15 is 0 Å². The third-order valence-corrected chi connectivity index (χ3v) is 3.80. The third kappa shape index (κ3) is 8.64. The molecule has 168 valence electrons. The molecule has 1 aromatic heterocycles. The zero-order valence-electron chi connectivity index (χ0n) is 18.1. The summed E-state index contributed by atoms with van der Waals surface area (Å²) in [7, 11) is 1.39. The number of methoxy groups -OCH3 is 1. The van der Waals surface area contributed by atoms with E-state index in [2.05, 4.69) is 10.3 Å².